The Morgan fingerprint density at radius 2 is 2.03 bits per heavy atom. The third kappa shape index (κ3) is 5.75. The van der Waals surface area contributed by atoms with Gasteiger partial charge in [0.05, 0.1) is 0 Å². The highest BCUT2D eigenvalue weighted by Crippen LogP contribution is 2.27. The first kappa shape index (κ1) is 23.5. The number of imidazole rings is 1. The Morgan fingerprint density at radius 3 is 2.68 bits per heavy atom. The molecule has 0 spiro atoms. The number of aliphatic imine (C=N–C) groups is 1. The maximum Gasteiger partial charge on any atom is 0.225 e. The van der Waals surface area contributed by atoms with Crippen LogP contribution in [0.3, 0.4) is 0 Å². The molecule has 1 amide bonds. The van der Waals surface area contributed by atoms with Gasteiger partial charge in [-0.25, -0.2) is 9.97 Å². The zero-order valence-electron chi connectivity index (χ0n) is 18.3. The van der Waals surface area contributed by atoms with Gasteiger partial charge in [0.2, 0.25) is 5.91 Å². The average Bonchev–Trinajstić information content (AvgIpc) is 3.53. The van der Waals surface area contributed by atoms with Crippen molar-refractivity contribution in [3.63, 3.8) is 0 Å². The smallest absolute Gasteiger partial charge is 0.225 e. The van der Waals surface area contributed by atoms with E-state index < -0.39 is 0 Å². The van der Waals surface area contributed by atoms with E-state index in [2.05, 4.69) is 31.7 Å². The molecule has 31 heavy (non-hydrogen) atoms. The predicted octanol–water partition coefficient (Wildman–Crippen LogP) is 2.65. The number of rotatable bonds is 5. The van der Waals surface area contributed by atoms with Gasteiger partial charge in [0, 0.05) is 57.2 Å². The molecule has 2 aliphatic rings. The van der Waals surface area contributed by atoms with E-state index >= 15 is 0 Å². The number of nitrogens with one attached hydrogen (secondary N) is 2. The lowest BCUT2D eigenvalue weighted by atomic mass is 10.1. The number of hydrogen-bond acceptors (Lipinski definition) is 4. The molecule has 1 aliphatic heterocycles. The molecule has 2 aromatic heterocycles. The van der Waals surface area contributed by atoms with Crippen molar-refractivity contribution in [1.29, 1.82) is 0 Å². The molecule has 8 nitrogen and oxygen atoms in total. The standard InChI is InChI=1S/C22H31N7O.HI/c1-16-24-10-12-29(16)20-8-7-17(13-25-20)14-26-22(23-2)27-19-9-11-28(15-19)21(30)18-5-3-4-6-18;/h7-8,10,12-13,18-19H,3-6,9,11,14-15H2,1-2H3,(H2,23,26,27);1H. The van der Waals surface area contributed by atoms with E-state index in [1.54, 1.807) is 13.2 Å². The summed E-state index contributed by atoms with van der Waals surface area (Å²) in [5.41, 5.74) is 1.07. The minimum Gasteiger partial charge on any atom is -0.352 e. The van der Waals surface area contributed by atoms with Crippen molar-refractivity contribution in [3.05, 3.63) is 42.1 Å². The highest BCUT2D eigenvalue weighted by atomic mass is 127. The fraction of sp³-hybridized carbons (Fsp3) is 0.545. The lowest BCUT2D eigenvalue weighted by Crippen LogP contribution is -2.45. The normalized spacial score (nSPS) is 19.4. The van der Waals surface area contributed by atoms with Gasteiger partial charge in [-0.1, -0.05) is 18.9 Å². The number of hydrogen-bond donors (Lipinski definition) is 2. The number of carbonyl (C=O) groups is 1. The zero-order chi connectivity index (χ0) is 20.9. The van der Waals surface area contributed by atoms with Gasteiger partial charge >= 0.3 is 0 Å². The highest BCUT2D eigenvalue weighted by molar-refractivity contribution is 14.0. The minimum atomic E-state index is 0. The molecule has 9 heteroatoms. The maximum atomic E-state index is 12.6. The molecule has 168 valence electrons. The molecule has 2 N–H and O–H groups in total. The molecule has 1 saturated heterocycles. The lowest BCUT2D eigenvalue weighted by molar-refractivity contribution is -0.134. The van der Waals surface area contributed by atoms with Gasteiger partial charge in [-0.15, -0.1) is 24.0 Å². The van der Waals surface area contributed by atoms with Crippen molar-refractivity contribution in [2.45, 2.75) is 51.6 Å². The summed E-state index contributed by atoms with van der Waals surface area (Å²) in [4.78, 5) is 27.8. The minimum absolute atomic E-state index is 0. The van der Waals surface area contributed by atoms with E-state index in [0.717, 1.165) is 55.5 Å². The van der Waals surface area contributed by atoms with E-state index in [1.165, 1.54) is 12.8 Å². The van der Waals surface area contributed by atoms with Crippen molar-refractivity contribution >= 4 is 35.8 Å². The first-order valence-electron chi connectivity index (χ1n) is 10.9. The van der Waals surface area contributed by atoms with E-state index in [4.69, 9.17) is 0 Å². The first-order chi connectivity index (χ1) is 14.6. The van der Waals surface area contributed by atoms with Crippen molar-refractivity contribution < 1.29 is 4.79 Å². The monoisotopic (exact) mass is 537 g/mol. The number of guanidine groups is 1. The predicted molar refractivity (Wildman–Crippen MR) is 132 cm³/mol. The number of pyridine rings is 1. The Labute approximate surface area is 201 Å². The summed E-state index contributed by atoms with van der Waals surface area (Å²) in [7, 11) is 1.77. The van der Waals surface area contributed by atoms with Crippen molar-refractivity contribution in [2.24, 2.45) is 10.9 Å². The second kappa shape index (κ2) is 10.9. The summed E-state index contributed by atoms with van der Waals surface area (Å²) in [6.45, 7) is 4.19. The molecule has 0 aromatic carbocycles. The molecule has 2 fully saturated rings. The van der Waals surface area contributed by atoms with E-state index in [1.807, 2.05) is 34.9 Å². The SMILES string of the molecule is CN=C(NCc1ccc(-n2ccnc2C)nc1)NC1CCN(C(=O)C2CCCC2)C1.I. The Morgan fingerprint density at radius 1 is 1.23 bits per heavy atom. The summed E-state index contributed by atoms with van der Waals surface area (Å²) in [6, 6.07) is 4.29. The van der Waals surface area contributed by atoms with Gasteiger partial charge in [-0.2, -0.15) is 0 Å². The van der Waals surface area contributed by atoms with Gasteiger partial charge < -0.3 is 15.5 Å². The number of amides is 1. The number of halogens is 1. The molecular weight excluding hydrogens is 505 g/mol. The van der Waals surface area contributed by atoms with E-state index in [-0.39, 0.29) is 35.9 Å². The second-order valence-electron chi connectivity index (χ2n) is 8.19. The van der Waals surface area contributed by atoms with Crippen LogP contribution in [0.5, 0.6) is 0 Å². The molecule has 2 aromatic rings. The van der Waals surface area contributed by atoms with E-state index in [9.17, 15) is 4.79 Å². The van der Waals surface area contributed by atoms with Gasteiger partial charge in [0.25, 0.3) is 0 Å². The molecule has 1 atom stereocenters. The first-order valence-corrected chi connectivity index (χ1v) is 10.9. The van der Waals surface area contributed by atoms with Gasteiger partial charge in [-0.3, -0.25) is 14.4 Å². The quantitative estimate of drug-likeness (QED) is 0.348. The fourth-order valence-electron chi connectivity index (χ4n) is 4.37. The van der Waals surface area contributed by atoms with Crippen LogP contribution >= 0.6 is 24.0 Å². The Bertz CT molecular complexity index is 890. The molecule has 0 bridgehead atoms. The molecule has 1 unspecified atom stereocenters. The third-order valence-corrected chi connectivity index (χ3v) is 6.11. The highest BCUT2D eigenvalue weighted by Gasteiger charge is 2.32. The van der Waals surface area contributed by atoms with Gasteiger partial charge in [0.1, 0.15) is 11.6 Å². The summed E-state index contributed by atoms with van der Waals surface area (Å²) in [5, 5.41) is 6.82. The Kier molecular flexibility index (Phi) is 8.28. The van der Waals surface area contributed by atoms with E-state index in [0.29, 0.717) is 12.5 Å². The zero-order valence-corrected chi connectivity index (χ0v) is 20.6. The van der Waals surface area contributed by atoms with Crippen LogP contribution in [-0.2, 0) is 11.3 Å². The average molecular weight is 537 g/mol. The molecule has 1 aliphatic carbocycles. The largest absolute Gasteiger partial charge is 0.352 e. The summed E-state index contributed by atoms with van der Waals surface area (Å²) >= 11 is 0. The van der Waals surface area contributed by atoms with Crippen LogP contribution in [-0.4, -0.2) is 57.5 Å². The van der Waals surface area contributed by atoms with Crippen LogP contribution in [0, 0.1) is 12.8 Å². The van der Waals surface area contributed by atoms with Gasteiger partial charge in [0.15, 0.2) is 5.96 Å². The number of aromatic nitrogens is 3. The lowest BCUT2D eigenvalue weighted by Gasteiger charge is -2.21. The molecule has 1 saturated carbocycles. The number of likely N-dealkylation sites (tertiary alicyclic amines) is 1. The summed E-state index contributed by atoms with van der Waals surface area (Å²) in [5.74, 6) is 3.12. The second-order valence-corrected chi connectivity index (χ2v) is 8.19. The van der Waals surface area contributed by atoms with Crippen LogP contribution in [0.2, 0.25) is 0 Å². The van der Waals surface area contributed by atoms with Crippen molar-refractivity contribution in [2.75, 3.05) is 20.1 Å². The third-order valence-electron chi connectivity index (χ3n) is 6.11. The number of carbonyl (C=O) groups excluding carboxylic acids is 1. The van der Waals surface area contributed by atoms with Crippen LogP contribution in [0.1, 0.15) is 43.5 Å². The molecule has 4 rings (SSSR count). The van der Waals surface area contributed by atoms with Crippen LogP contribution in [0.4, 0.5) is 0 Å². The van der Waals surface area contributed by atoms with Crippen molar-refractivity contribution in [3.8, 4) is 5.82 Å². The topological polar surface area (TPSA) is 87.4 Å². The Balaban J connectivity index is 0.00000272. The summed E-state index contributed by atoms with van der Waals surface area (Å²) in [6.07, 6.45) is 11.0. The van der Waals surface area contributed by atoms with Crippen LogP contribution in [0.15, 0.2) is 35.7 Å². The van der Waals surface area contributed by atoms with Crippen LogP contribution in [0.25, 0.3) is 5.82 Å². The van der Waals surface area contributed by atoms with Crippen LogP contribution < -0.4 is 10.6 Å². The van der Waals surface area contributed by atoms with Gasteiger partial charge in [-0.05, 0) is 37.8 Å². The number of nitrogens with zero attached hydrogens (tertiary/aromatic N) is 5. The summed E-state index contributed by atoms with van der Waals surface area (Å²) < 4.78 is 1.95. The molecule has 0 radical (unpaired) electrons. The molecular formula is C22H32IN7O. The number of aryl methyl sites for hydroxylation is 1. The fourth-order valence-corrected chi connectivity index (χ4v) is 4.37. The molecule has 3 heterocycles. The van der Waals surface area contributed by atoms with Crippen molar-refractivity contribution in [1.82, 2.24) is 30.1 Å². The maximum absolute atomic E-state index is 12.6. The Hall–Kier alpha value is -2.17.